The van der Waals surface area contributed by atoms with Crippen LogP contribution in [0, 0.1) is 0 Å². The lowest BCUT2D eigenvalue weighted by Gasteiger charge is -2.16. The summed E-state index contributed by atoms with van der Waals surface area (Å²) in [4.78, 5) is 0. The van der Waals surface area contributed by atoms with Crippen molar-refractivity contribution < 1.29 is 5.11 Å². The van der Waals surface area contributed by atoms with Gasteiger partial charge in [0, 0.05) is 0 Å². The first kappa shape index (κ1) is 15.0. The molecule has 0 unspecified atom stereocenters. The summed E-state index contributed by atoms with van der Waals surface area (Å²) in [5.41, 5.74) is 10.3. The SMILES string of the molecule is Oc1ccc(-c2c(-c3ccccc3)ccc3c2Cc2ccccc2-3)cc1. The summed E-state index contributed by atoms with van der Waals surface area (Å²) in [6.07, 6.45) is 0.947. The van der Waals surface area contributed by atoms with Crippen LogP contribution in [0.4, 0.5) is 0 Å². The Labute approximate surface area is 153 Å². The van der Waals surface area contributed by atoms with Gasteiger partial charge in [-0.2, -0.15) is 0 Å². The molecule has 0 saturated heterocycles. The Balaban J connectivity index is 1.80. The first-order chi connectivity index (χ1) is 12.8. The highest BCUT2D eigenvalue weighted by Crippen LogP contribution is 2.45. The van der Waals surface area contributed by atoms with Gasteiger partial charge in [-0.1, -0.05) is 78.9 Å². The molecule has 0 aromatic heterocycles. The molecular weight excluding hydrogens is 316 g/mol. The molecule has 1 aliphatic rings. The van der Waals surface area contributed by atoms with E-state index in [1.165, 1.54) is 38.9 Å². The molecule has 1 N–H and O–H groups in total. The minimum atomic E-state index is 0.297. The minimum Gasteiger partial charge on any atom is -0.508 e. The number of hydrogen-bond donors (Lipinski definition) is 1. The van der Waals surface area contributed by atoms with Gasteiger partial charge in [-0.25, -0.2) is 0 Å². The van der Waals surface area contributed by atoms with Gasteiger partial charge in [0.15, 0.2) is 0 Å². The lowest BCUT2D eigenvalue weighted by molar-refractivity contribution is 0.475. The number of aromatic hydroxyl groups is 1. The minimum absolute atomic E-state index is 0.297. The highest BCUT2D eigenvalue weighted by molar-refractivity contribution is 5.93. The second-order valence-electron chi connectivity index (χ2n) is 6.76. The maximum Gasteiger partial charge on any atom is 0.115 e. The largest absolute Gasteiger partial charge is 0.508 e. The number of rotatable bonds is 2. The molecule has 0 aliphatic heterocycles. The summed E-state index contributed by atoms with van der Waals surface area (Å²) in [7, 11) is 0. The summed E-state index contributed by atoms with van der Waals surface area (Å²) in [5.74, 6) is 0.297. The second-order valence-corrected chi connectivity index (χ2v) is 6.76. The van der Waals surface area contributed by atoms with Crippen molar-refractivity contribution in [2.75, 3.05) is 0 Å². The van der Waals surface area contributed by atoms with Gasteiger partial charge in [0.05, 0.1) is 0 Å². The molecule has 4 aromatic rings. The van der Waals surface area contributed by atoms with Crippen LogP contribution in [0.3, 0.4) is 0 Å². The van der Waals surface area contributed by atoms with Crippen molar-refractivity contribution in [2.24, 2.45) is 0 Å². The van der Waals surface area contributed by atoms with Gasteiger partial charge in [-0.15, -0.1) is 0 Å². The molecule has 0 amide bonds. The third-order valence-electron chi connectivity index (χ3n) is 5.23. The molecule has 0 bridgehead atoms. The predicted octanol–water partition coefficient (Wildman–Crippen LogP) is 6.30. The molecule has 1 nitrogen and oxygen atoms in total. The molecule has 26 heavy (non-hydrogen) atoms. The Hall–Kier alpha value is -3.32. The van der Waals surface area contributed by atoms with Gasteiger partial charge in [-0.3, -0.25) is 0 Å². The number of hydrogen-bond acceptors (Lipinski definition) is 1. The molecule has 1 aliphatic carbocycles. The third-order valence-corrected chi connectivity index (χ3v) is 5.23. The number of benzene rings is 4. The molecule has 5 rings (SSSR count). The smallest absolute Gasteiger partial charge is 0.115 e. The van der Waals surface area contributed by atoms with Crippen molar-refractivity contribution in [1.29, 1.82) is 0 Å². The summed E-state index contributed by atoms with van der Waals surface area (Å²) in [6, 6.07) is 31.2. The average molecular weight is 334 g/mol. The van der Waals surface area contributed by atoms with Gasteiger partial charge in [0.2, 0.25) is 0 Å². The number of phenolic OH excluding ortho intramolecular Hbond substituents is 1. The summed E-state index contributed by atoms with van der Waals surface area (Å²) in [5, 5.41) is 9.73. The maximum absolute atomic E-state index is 9.73. The fourth-order valence-electron chi connectivity index (χ4n) is 4.03. The van der Waals surface area contributed by atoms with Crippen molar-refractivity contribution in [3.05, 3.63) is 102 Å². The lowest BCUT2D eigenvalue weighted by atomic mass is 9.88. The fraction of sp³-hybridized carbons (Fsp3) is 0.0400. The standard InChI is InChI=1S/C25H18O/c26-20-12-10-18(11-13-20)25-22(17-6-2-1-3-7-17)14-15-23-21-9-5-4-8-19(21)16-24(23)25/h1-15,26H,16H2. The summed E-state index contributed by atoms with van der Waals surface area (Å²) < 4.78 is 0. The van der Waals surface area contributed by atoms with Crippen LogP contribution < -0.4 is 0 Å². The van der Waals surface area contributed by atoms with E-state index in [4.69, 9.17) is 0 Å². The van der Waals surface area contributed by atoms with Gasteiger partial charge in [0.1, 0.15) is 5.75 Å². The van der Waals surface area contributed by atoms with Crippen LogP contribution >= 0.6 is 0 Å². The first-order valence-corrected chi connectivity index (χ1v) is 8.90. The fourth-order valence-corrected chi connectivity index (χ4v) is 4.03. The van der Waals surface area contributed by atoms with Crippen LogP contribution in [0.1, 0.15) is 11.1 Å². The normalized spacial score (nSPS) is 11.8. The van der Waals surface area contributed by atoms with Crippen LogP contribution in [0.25, 0.3) is 33.4 Å². The molecule has 1 heteroatoms. The maximum atomic E-state index is 9.73. The van der Waals surface area contributed by atoms with Crippen LogP contribution in [0.15, 0.2) is 91.0 Å². The Kier molecular flexibility index (Phi) is 3.39. The highest BCUT2D eigenvalue weighted by atomic mass is 16.3. The van der Waals surface area contributed by atoms with Gasteiger partial charge in [0.25, 0.3) is 0 Å². The Morgan fingerprint density at radius 2 is 1.23 bits per heavy atom. The summed E-state index contributed by atoms with van der Waals surface area (Å²) >= 11 is 0. The molecule has 0 saturated carbocycles. The molecular formula is C25H18O. The van der Waals surface area contributed by atoms with Crippen LogP contribution in [-0.2, 0) is 6.42 Å². The average Bonchev–Trinajstić information content (AvgIpc) is 3.07. The first-order valence-electron chi connectivity index (χ1n) is 8.90. The van der Waals surface area contributed by atoms with E-state index in [0.717, 1.165) is 12.0 Å². The molecule has 0 heterocycles. The van der Waals surface area contributed by atoms with Crippen molar-refractivity contribution in [1.82, 2.24) is 0 Å². The topological polar surface area (TPSA) is 20.2 Å². The van der Waals surface area contributed by atoms with Gasteiger partial charge in [-0.05, 0) is 63.1 Å². The van der Waals surface area contributed by atoms with E-state index < -0.39 is 0 Å². The van der Waals surface area contributed by atoms with E-state index in [9.17, 15) is 5.11 Å². The molecule has 4 aromatic carbocycles. The summed E-state index contributed by atoms with van der Waals surface area (Å²) in [6.45, 7) is 0. The van der Waals surface area contributed by atoms with Crippen LogP contribution in [0.5, 0.6) is 5.75 Å². The van der Waals surface area contributed by atoms with Crippen LogP contribution in [-0.4, -0.2) is 5.11 Å². The van der Waals surface area contributed by atoms with Crippen molar-refractivity contribution in [3.8, 4) is 39.1 Å². The molecule has 124 valence electrons. The monoisotopic (exact) mass is 334 g/mol. The molecule has 0 fully saturated rings. The van der Waals surface area contributed by atoms with E-state index in [1.54, 1.807) is 12.1 Å². The van der Waals surface area contributed by atoms with Gasteiger partial charge >= 0.3 is 0 Å². The van der Waals surface area contributed by atoms with E-state index in [1.807, 2.05) is 18.2 Å². The number of fused-ring (bicyclic) bond motifs is 3. The van der Waals surface area contributed by atoms with E-state index in [2.05, 4.69) is 60.7 Å². The Morgan fingerprint density at radius 3 is 2.04 bits per heavy atom. The second kappa shape index (κ2) is 5.89. The third kappa shape index (κ3) is 2.33. The number of phenols is 1. The highest BCUT2D eigenvalue weighted by Gasteiger charge is 2.23. The van der Waals surface area contributed by atoms with E-state index >= 15 is 0 Å². The quantitative estimate of drug-likeness (QED) is 0.402. The molecule has 0 spiro atoms. The zero-order valence-corrected chi connectivity index (χ0v) is 14.3. The zero-order chi connectivity index (χ0) is 17.5. The lowest BCUT2D eigenvalue weighted by Crippen LogP contribution is -1.93. The van der Waals surface area contributed by atoms with Crippen molar-refractivity contribution in [3.63, 3.8) is 0 Å². The van der Waals surface area contributed by atoms with Crippen molar-refractivity contribution >= 4 is 0 Å². The van der Waals surface area contributed by atoms with Crippen molar-refractivity contribution in [2.45, 2.75) is 6.42 Å². The van der Waals surface area contributed by atoms with Gasteiger partial charge < -0.3 is 5.11 Å². The predicted molar refractivity (Wildman–Crippen MR) is 107 cm³/mol. The molecule has 0 radical (unpaired) electrons. The Bertz CT molecular complexity index is 1090. The van der Waals surface area contributed by atoms with E-state index in [0.29, 0.717) is 5.75 Å². The van der Waals surface area contributed by atoms with Crippen LogP contribution in [0.2, 0.25) is 0 Å². The Morgan fingerprint density at radius 1 is 0.538 bits per heavy atom. The zero-order valence-electron chi connectivity index (χ0n) is 14.3. The van der Waals surface area contributed by atoms with E-state index in [-0.39, 0.29) is 0 Å². The molecule has 0 atom stereocenters.